The van der Waals surface area contributed by atoms with Gasteiger partial charge in [0.2, 0.25) is 5.92 Å². The highest BCUT2D eigenvalue weighted by atomic mass is 32.2. The molecular formula is C26H30F5N5O3S. The SMILES string of the molecule is Cc1c(C(F)(F)F)cnc(N2CCCC(F)(F)CC2)c1C(=O)Nc1cccc(S(C)(=O)=NC(=O)C2(N)CCC2)c1. The van der Waals surface area contributed by atoms with Crippen molar-refractivity contribution in [2.45, 2.75) is 68.0 Å². The molecule has 2 aromatic rings. The zero-order valence-electron chi connectivity index (χ0n) is 22.0. The lowest BCUT2D eigenvalue weighted by Gasteiger charge is -2.34. The number of nitrogens with two attached hydrogens (primary N) is 1. The van der Waals surface area contributed by atoms with Crippen LogP contribution in [-0.2, 0) is 20.7 Å². The predicted molar refractivity (Wildman–Crippen MR) is 140 cm³/mol. The largest absolute Gasteiger partial charge is 0.418 e. The maximum absolute atomic E-state index is 14.0. The third-order valence-corrected chi connectivity index (χ3v) is 8.97. The lowest BCUT2D eigenvalue weighted by atomic mass is 9.77. The summed E-state index contributed by atoms with van der Waals surface area (Å²) in [6.07, 6.45) is -2.18. The van der Waals surface area contributed by atoms with Gasteiger partial charge in [0.1, 0.15) is 5.82 Å². The number of amides is 2. The van der Waals surface area contributed by atoms with Crippen LogP contribution in [0.25, 0.3) is 0 Å². The molecule has 1 saturated carbocycles. The summed E-state index contributed by atoms with van der Waals surface area (Å²) in [5, 5.41) is 2.51. The molecule has 1 saturated heterocycles. The van der Waals surface area contributed by atoms with E-state index in [1.54, 1.807) is 0 Å². The summed E-state index contributed by atoms with van der Waals surface area (Å²) in [5.41, 5.74) is 2.98. The Bertz CT molecular complexity index is 1450. The molecule has 2 fully saturated rings. The molecule has 8 nitrogen and oxygen atoms in total. The first-order valence-corrected chi connectivity index (χ1v) is 14.6. The zero-order chi connectivity index (χ0) is 29.5. The molecule has 14 heteroatoms. The molecule has 4 rings (SSSR count). The van der Waals surface area contributed by atoms with E-state index >= 15 is 0 Å². The molecule has 1 aromatic heterocycles. The summed E-state index contributed by atoms with van der Waals surface area (Å²) >= 11 is 0. The summed E-state index contributed by atoms with van der Waals surface area (Å²) in [7, 11) is -3.26. The lowest BCUT2D eigenvalue weighted by molar-refractivity contribution is -0.138. The monoisotopic (exact) mass is 587 g/mol. The highest BCUT2D eigenvalue weighted by Crippen LogP contribution is 2.37. The highest BCUT2D eigenvalue weighted by molar-refractivity contribution is 7.93. The first-order chi connectivity index (χ1) is 18.5. The molecule has 2 heterocycles. The Morgan fingerprint density at radius 2 is 1.82 bits per heavy atom. The van der Waals surface area contributed by atoms with Gasteiger partial charge in [-0.3, -0.25) is 9.59 Å². The third kappa shape index (κ3) is 6.27. The van der Waals surface area contributed by atoms with Crippen LogP contribution in [0.5, 0.6) is 0 Å². The average molecular weight is 588 g/mol. The Labute approximate surface area is 228 Å². The van der Waals surface area contributed by atoms with E-state index < -0.39 is 62.3 Å². The Kier molecular flexibility index (Phi) is 7.98. The van der Waals surface area contributed by atoms with Gasteiger partial charge in [-0.1, -0.05) is 6.07 Å². The lowest BCUT2D eigenvalue weighted by Crippen LogP contribution is -2.53. The number of halogens is 5. The van der Waals surface area contributed by atoms with Crippen LogP contribution in [0.15, 0.2) is 39.7 Å². The number of benzene rings is 1. The molecule has 1 atom stereocenters. The number of carbonyl (C=O) groups excluding carboxylic acids is 2. The minimum atomic E-state index is -4.81. The van der Waals surface area contributed by atoms with Gasteiger partial charge in [-0.25, -0.2) is 18.0 Å². The van der Waals surface area contributed by atoms with Crippen LogP contribution >= 0.6 is 0 Å². The number of hydrogen-bond acceptors (Lipinski definition) is 6. The molecule has 1 aliphatic carbocycles. The Balaban J connectivity index is 1.68. The molecule has 40 heavy (non-hydrogen) atoms. The normalized spacial score (nSPS) is 20.1. The topological polar surface area (TPSA) is 118 Å². The number of pyridine rings is 1. The number of nitrogens with one attached hydrogen (secondary N) is 1. The van der Waals surface area contributed by atoms with Gasteiger partial charge in [0, 0.05) is 49.0 Å². The zero-order valence-corrected chi connectivity index (χ0v) is 22.8. The van der Waals surface area contributed by atoms with Crippen molar-refractivity contribution in [2.75, 3.05) is 29.6 Å². The van der Waals surface area contributed by atoms with E-state index in [9.17, 15) is 35.8 Å². The van der Waals surface area contributed by atoms with Crippen molar-refractivity contribution >= 4 is 33.0 Å². The maximum Gasteiger partial charge on any atom is 0.418 e. The quantitative estimate of drug-likeness (QED) is 0.468. The average Bonchev–Trinajstić information content (AvgIpc) is 3.01. The van der Waals surface area contributed by atoms with Crippen molar-refractivity contribution in [1.82, 2.24) is 4.98 Å². The second-order valence-corrected chi connectivity index (χ2v) is 12.6. The number of rotatable bonds is 5. The number of hydrogen-bond donors (Lipinski definition) is 2. The van der Waals surface area contributed by atoms with Crippen molar-refractivity contribution in [1.29, 1.82) is 0 Å². The minimum Gasteiger partial charge on any atom is -0.356 e. The molecule has 218 valence electrons. The first-order valence-electron chi connectivity index (χ1n) is 12.7. The van der Waals surface area contributed by atoms with E-state index in [4.69, 9.17) is 5.73 Å². The molecule has 1 aromatic carbocycles. The Morgan fingerprint density at radius 3 is 2.45 bits per heavy atom. The van der Waals surface area contributed by atoms with Crippen LogP contribution in [0, 0.1) is 6.92 Å². The van der Waals surface area contributed by atoms with Gasteiger partial charge in [0.15, 0.2) is 0 Å². The van der Waals surface area contributed by atoms with Crippen molar-refractivity contribution in [3.63, 3.8) is 0 Å². The van der Waals surface area contributed by atoms with E-state index in [-0.39, 0.29) is 42.3 Å². The number of carbonyl (C=O) groups is 2. The van der Waals surface area contributed by atoms with Crippen LogP contribution in [-0.4, -0.2) is 51.8 Å². The molecular weight excluding hydrogens is 557 g/mol. The van der Waals surface area contributed by atoms with E-state index in [2.05, 4.69) is 14.7 Å². The molecule has 3 N–H and O–H groups in total. The Hall–Kier alpha value is -3.13. The van der Waals surface area contributed by atoms with Crippen LogP contribution in [0.3, 0.4) is 0 Å². The standard InChI is InChI=1S/C26H30F5N5O3S/c1-16-19(26(29,30)31)15-33-21(36-12-5-10-25(27,28)11-13-36)20(16)22(37)34-17-6-3-7-18(14-17)40(2,39)35-23(38)24(32)8-4-9-24/h3,6-7,14-15H,4-5,8-13,32H2,1-2H3,(H,34,37). The maximum atomic E-state index is 14.0. The second kappa shape index (κ2) is 10.7. The fourth-order valence-electron chi connectivity index (χ4n) is 4.74. The predicted octanol–water partition coefficient (Wildman–Crippen LogP) is 5.15. The van der Waals surface area contributed by atoms with Gasteiger partial charge in [0.25, 0.3) is 11.8 Å². The van der Waals surface area contributed by atoms with Crippen LogP contribution in [0.1, 0.15) is 60.0 Å². The van der Waals surface area contributed by atoms with Crippen LogP contribution < -0.4 is 16.0 Å². The third-order valence-electron chi connectivity index (χ3n) is 7.33. The summed E-state index contributed by atoms with van der Waals surface area (Å²) in [6, 6.07) is 5.63. The number of alkyl halides is 5. The van der Waals surface area contributed by atoms with Crippen LogP contribution in [0.2, 0.25) is 0 Å². The first kappa shape index (κ1) is 29.8. The molecule has 1 aliphatic heterocycles. The van der Waals surface area contributed by atoms with Crippen molar-refractivity contribution in [2.24, 2.45) is 10.1 Å². The number of anilines is 2. The molecule has 0 spiro atoms. The summed E-state index contributed by atoms with van der Waals surface area (Å²) in [4.78, 5) is 31.3. The van der Waals surface area contributed by atoms with Gasteiger partial charge in [-0.15, -0.1) is 0 Å². The van der Waals surface area contributed by atoms with Gasteiger partial charge in [-0.2, -0.15) is 17.5 Å². The summed E-state index contributed by atoms with van der Waals surface area (Å²) in [5.74, 6) is -4.70. The van der Waals surface area contributed by atoms with E-state index in [1.165, 1.54) is 35.4 Å². The number of aromatic nitrogens is 1. The van der Waals surface area contributed by atoms with Gasteiger partial charge in [-0.05, 0) is 56.4 Å². The summed E-state index contributed by atoms with van der Waals surface area (Å²) < 4.78 is 86.2. The molecule has 0 bridgehead atoms. The van der Waals surface area contributed by atoms with Gasteiger partial charge >= 0.3 is 6.18 Å². The second-order valence-electron chi connectivity index (χ2n) is 10.4. The van der Waals surface area contributed by atoms with Crippen molar-refractivity contribution < 1.29 is 35.8 Å². The van der Waals surface area contributed by atoms with E-state index in [0.717, 1.165) is 13.3 Å². The van der Waals surface area contributed by atoms with Crippen LogP contribution in [0.4, 0.5) is 33.5 Å². The molecule has 2 amide bonds. The Morgan fingerprint density at radius 1 is 1.12 bits per heavy atom. The number of nitrogens with zero attached hydrogens (tertiary/aromatic N) is 3. The molecule has 1 unspecified atom stereocenters. The highest BCUT2D eigenvalue weighted by Gasteiger charge is 2.41. The van der Waals surface area contributed by atoms with Gasteiger partial charge < -0.3 is 16.0 Å². The fraction of sp³-hybridized carbons (Fsp3) is 0.500. The minimum absolute atomic E-state index is 0.0645. The fourth-order valence-corrected chi connectivity index (χ4v) is 6.02. The van der Waals surface area contributed by atoms with Gasteiger partial charge in [0.05, 0.1) is 26.4 Å². The van der Waals surface area contributed by atoms with Crippen molar-refractivity contribution in [3.05, 3.63) is 47.2 Å². The smallest absolute Gasteiger partial charge is 0.356 e. The van der Waals surface area contributed by atoms with Crippen molar-refractivity contribution in [3.8, 4) is 0 Å². The van der Waals surface area contributed by atoms with E-state index in [0.29, 0.717) is 19.0 Å². The molecule has 2 aliphatic rings. The summed E-state index contributed by atoms with van der Waals surface area (Å²) in [6.45, 7) is 1.01. The molecule has 0 radical (unpaired) electrons. The van der Waals surface area contributed by atoms with E-state index in [1.807, 2.05) is 0 Å².